The van der Waals surface area contributed by atoms with Crippen LogP contribution in [0.2, 0.25) is 0 Å². The summed E-state index contributed by atoms with van der Waals surface area (Å²) >= 11 is 0. The Hall–Kier alpha value is -1.84. The van der Waals surface area contributed by atoms with Crippen LogP contribution in [0.1, 0.15) is 13.8 Å². The Labute approximate surface area is 124 Å². The summed E-state index contributed by atoms with van der Waals surface area (Å²) < 4.78 is 14.0. The summed E-state index contributed by atoms with van der Waals surface area (Å²) in [5.41, 5.74) is 2.51. The monoisotopic (exact) mass is 281 g/mol. The number of rotatable bonds is 2. The van der Waals surface area contributed by atoms with Crippen molar-refractivity contribution < 1.29 is 9.47 Å². The molecule has 3 aromatic rings. The predicted molar refractivity (Wildman–Crippen MR) is 84.3 cm³/mol. The van der Waals surface area contributed by atoms with E-state index in [-0.39, 0.29) is 6.10 Å². The Kier molecular flexibility index (Phi) is 2.81. The molecule has 0 radical (unpaired) electrons. The zero-order chi connectivity index (χ0) is 14.4. The summed E-state index contributed by atoms with van der Waals surface area (Å²) in [6.07, 6.45) is 0.0965. The van der Waals surface area contributed by atoms with E-state index in [1.165, 1.54) is 21.8 Å². The molecule has 3 nitrogen and oxygen atoms in total. The van der Waals surface area contributed by atoms with Crippen molar-refractivity contribution in [1.82, 2.24) is 4.57 Å². The first-order chi connectivity index (χ1) is 10.1. The van der Waals surface area contributed by atoms with Crippen LogP contribution in [0.5, 0.6) is 0 Å². The van der Waals surface area contributed by atoms with Gasteiger partial charge in [0.15, 0.2) is 5.79 Å². The van der Waals surface area contributed by atoms with E-state index in [9.17, 15) is 0 Å². The van der Waals surface area contributed by atoms with Crippen LogP contribution in [-0.2, 0) is 16.0 Å². The van der Waals surface area contributed by atoms with Crippen molar-refractivity contribution in [2.75, 3.05) is 6.61 Å². The summed E-state index contributed by atoms with van der Waals surface area (Å²) in [5.74, 6) is -0.469. The quantitative estimate of drug-likeness (QED) is 0.710. The summed E-state index contributed by atoms with van der Waals surface area (Å²) in [6, 6.07) is 17.1. The van der Waals surface area contributed by atoms with Gasteiger partial charge < -0.3 is 14.0 Å². The molecule has 1 saturated heterocycles. The van der Waals surface area contributed by atoms with Gasteiger partial charge in [-0.15, -0.1) is 0 Å². The molecular weight excluding hydrogens is 262 g/mol. The number of ether oxygens (including phenoxy) is 2. The van der Waals surface area contributed by atoms with Gasteiger partial charge in [-0.05, 0) is 26.0 Å². The Bertz CT molecular complexity index is 750. The second-order valence-corrected chi connectivity index (χ2v) is 6.10. The number of para-hydroxylation sites is 2. The normalized spacial score (nSPS) is 21.3. The number of fused-ring (bicyclic) bond motifs is 3. The van der Waals surface area contributed by atoms with E-state index < -0.39 is 5.79 Å². The first-order valence-electron chi connectivity index (χ1n) is 7.42. The van der Waals surface area contributed by atoms with Gasteiger partial charge >= 0.3 is 0 Å². The molecule has 0 N–H and O–H groups in total. The van der Waals surface area contributed by atoms with E-state index in [1.807, 2.05) is 13.8 Å². The molecule has 1 aliphatic heterocycles. The fourth-order valence-electron chi connectivity index (χ4n) is 3.26. The molecule has 0 spiro atoms. The maximum Gasteiger partial charge on any atom is 0.163 e. The van der Waals surface area contributed by atoms with Gasteiger partial charge in [0, 0.05) is 21.8 Å². The zero-order valence-electron chi connectivity index (χ0n) is 12.4. The Morgan fingerprint density at radius 2 is 1.57 bits per heavy atom. The Balaban J connectivity index is 1.83. The molecular formula is C18H19NO2. The first kappa shape index (κ1) is 12.9. The molecule has 0 saturated carbocycles. The third-order valence-corrected chi connectivity index (χ3v) is 4.13. The van der Waals surface area contributed by atoms with Gasteiger partial charge in [0.05, 0.1) is 13.2 Å². The maximum absolute atomic E-state index is 5.98. The number of benzene rings is 2. The van der Waals surface area contributed by atoms with Gasteiger partial charge in [0.2, 0.25) is 0 Å². The third kappa shape index (κ3) is 2.13. The highest BCUT2D eigenvalue weighted by atomic mass is 16.7. The smallest absolute Gasteiger partial charge is 0.163 e. The minimum absolute atomic E-state index is 0.0965. The van der Waals surface area contributed by atoms with Gasteiger partial charge in [0.1, 0.15) is 6.10 Å². The van der Waals surface area contributed by atoms with Gasteiger partial charge in [-0.25, -0.2) is 0 Å². The minimum Gasteiger partial charge on any atom is -0.348 e. The van der Waals surface area contributed by atoms with Crippen LogP contribution in [-0.4, -0.2) is 23.1 Å². The van der Waals surface area contributed by atoms with E-state index >= 15 is 0 Å². The Morgan fingerprint density at radius 1 is 1.00 bits per heavy atom. The molecule has 1 unspecified atom stereocenters. The number of hydrogen-bond acceptors (Lipinski definition) is 2. The highest BCUT2D eigenvalue weighted by Gasteiger charge is 2.33. The number of nitrogens with zero attached hydrogens (tertiary/aromatic N) is 1. The lowest BCUT2D eigenvalue weighted by molar-refractivity contribution is -0.139. The molecule has 1 aromatic heterocycles. The highest BCUT2D eigenvalue weighted by Crippen LogP contribution is 2.31. The van der Waals surface area contributed by atoms with Crippen LogP contribution >= 0.6 is 0 Å². The highest BCUT2D eigenvalue weighted by molar-refractivity contribution is 6.07. The molecule has 0 aliphatic carbocycles. The molecule has 21 heavy (non-hydrogen) atoms. The zero-order valence-corrected chi connectivity index (χ0v) is 12.4. The molecule has 1 atom stereocenters. The molecule has 1 fully saturated rings. The molecule has 4 rings (SSSR count). The lowest BCUT2D eigenvalue weighted by Crippen LogP contribution is -2.24. The van der Waals surface area contributed by atoms with Crippen molar-refractivity contribution in [3.05, 3.63) is 48.5 Å². The van der Waals surface area contributed by atoms with Crippen LogP contribution in [0.3, 0.4) is 0 Å². The fraction of sp³-hybridized carbons (Fsp3) is 0.333. The van der Waals surface area contributed by atoms with E-state index in [0.717, 1.165) is 6.54 Å². The van der Waals surface area contributed by atoms with Crippen molar-refractivity contribution in [3.63, 3.8) is 0 Å². The van der Waals surface area contributed by atoms with Crippen molar-refractivity contribution in [2.24, 2.45) is 0 Å². The van der Waals surface area contributed by atoms with Crippen LogP contribution < -0.4 is 0 Å². The third-order valence-electron chi connectivity index (χ3n) is 4.13. The van der Waals surface area contributed by atoms with E-state index in [1.54, 1.807) is 0 Å². The number of hydrogen-bond donors (Lipinski definition) is 0. The van der Waals surface area contributed by atoms with Crippen molar-refractivity contribution in [2.45, 2.75) is 32.3 Å². The average Bonchev–Trinajstić information content (AvgIpc) is 2.99. The van der Waals surface area contributed by atoms with E-state index in [2.05, 4.69) is 53.1 Å². The van der Waals surface area contributed by atoms with E-state index in [4.69, 9.17) is 9.47 Å². The molecule has 2 heterocycles. The van der Waals surface area contributed by atoms with E-state index in [0.29, 0.717) is 6.61 Å². The van der Waals surface area contributed by atoms with Crippen molar-refractivity contribution in [3.8, 4) is 0 Å². The molecule has 1 aliphatic rings. The molecule has 0 bridgehead atoms. The fourth-order valence-corrected chi connectivity index (χ4v) is 3.26. The molecule has 108 valence electrons. The second-order valence-electron chi connectivity index (χ2n) is 6.10. The van der Waals surface area contributed by atoms with Gasteiger partial charge in [-0.1, -0.05) is 36.4 Å². The molecule has 0 amide bonds. The Morgan fingerprint density at radius 3 is 2.10 bits per heavy atom. The maximum atomic E-state index is 5.98. The lowest BCUT2D eigenvalue weighted by atomic mass is 10.2. The summed E-state index contributed by atoms with van der Waals surface area (Å²) in [4.78, 5) is 0. The molecule has 3 heteroatoms. The van der Waals surface area contributed by atoms with Crippen molar-refractivity contribution >= 4 is 21.8 Å². The first-order valence-corrected chi connectivity index (χ1v) is 7.42. The summed E-state index contributed by atoms with van der Waals surface area (Å²) in [7, 11) is 0. The average molecular weight is 281 g/mol. The van der Waals surface area contributed by atoms with Crippen LogP contribution in [0, 0.1) is 0 Å². The summed E-state index contributed by atoms with van der Waals surface area (Å²) in [6.45, 7) is 5.41. The van der Waals surface area contributed by atoms with Gasteiger partial charge in [0.25, 0.3) is 0 Å². The molecule has 2 aromatic carbocycles. The standard InChI is InChI=1S/C18H19NO2/c1-18(2)20-12-13(21-18)11-19-16-9-5-3-7-14(16)15-8-4-6-10-17(15)19/h3-10,13H,11-12H2,1-2H3. The SMILES string of the molecule is CC1(C)OCC(Cn2c3ccccc3c3ccccc32)O1. The van der Waals surface area contributed by atoms with Crippen LogP contribution in [0.15, 0.2) is 48.5 Å². The lowest BCUT2D eigenvalue weighted by Gasteiger charge is -2.18. The van der Waals surface area contributed by atoms with Crippen molar-refractivity contribution in [1.29, 1.82) is 0 Å². The topological polar surface area (TPSA) is 23.4 Å². The summed E-state index contributed by atoms with van der Waals surface area (Å²) in [5, 5.41) is 2.59. The van der Waals surface area contributed by atoms with Crippen LogP contribution in [0.4, 0.5) is 0 Å². The minimum atomic E-state index is -0.469. The van der Waals surface area contributed by atoms with Crippen LogP contribution in [0.25, 0.3) is 21.8 Å². The predicted octanol–water partition coefficient (Wildman–Crippen LogP) is 3.95. The second kappa shape index (κ2) is 4.58. The van der Waals surface area contributed by atoms with Gasteiger partial charge in [-0.3, -0.25) is 0 Å². The number of aromatic nitrogens is 1. The largest absolute Gasteiger partial charge is 0.348 e. The van der Waals surface area contributed by atoms with Gasteiger partial charge in [-0.2, -0.15) is 0 Å².